The van der Waals surface area contributed by atoms with Gasteiger partial charge in [-0.3, -0.25) is 4.90 Å². The van der Waals surface area contributed by atoms with Crippen LogP contribution in [0.25, 0.3) is 0 Å². The first kappa shape index (κ1) is 14.9. The van der Waals surface area contributed by atoms with Crippen LogP contribution in [0.2, 0.25) is 0 Å². The molecule has 1 aromatic heterocycles. The lowest BCUT2D eigenvalue weighted by molar-refractivity contribution is -0.00917. The van der Waals surface area contributed by atoms with Gasteiger partial charge in [0.05, 0.1) is 30.0 Å². The normalized spacial score (nSPS) is 18.0. The zero-order valence-corrected chi connectivity index (χ0v) is 12.5. The molecule has 0 aromatic carbocycles. The molecule has 4 nitrogen and oxygen atoms in total. The second-order valence-electron chi connectivity index (χ2n) is 5.05. The summed E-state index contributed by atoms with van der Waals surface area (Å²) in [6.07, 6.45) is 4.72. The number of hydrogen-bond acceptors (Lipinski definition) is 5. The van der Waals surface area contributed by atoms with E-state index in [9.17, 15) is 0 Å². The van der Waals surface area contributed by atoms with Crippen molar-refractivity contribution < 1.29 is 9.84 Å². The summed E-state index contributed by atoms with van der Waals surface area (Å²) in [7, 11) is 0. The maximum atomic E-state index is 8.75. The molecule has 1 aliphatic heterocycles. The van der Waals surface area contributed by atoms with E-state index < -0.39 is 0 Å². The molecule has 1 fully saturated rings. The Morgan fingerprint density at radius 2 is 2.26 bits per heavy atom. The van der Waals surface area contributed by atoms with Crippen LogP contribution >= 0.6 is 11.3 Å². The Hall–Kier alpha value is -0.490. The molecular formula is C14H24N2O2S. The van der Waals surface area contributed by atoms with Crippen LogP contribution in [0.15, 0.2) is 5.38 Å². The molecule has 1 saturated heterocycles. The quantitative estimate of drug-likeness (QED) is 0.832. The smallest absolute Gasteiger partial charge is 0.0928 e. The molecule has 0 radical (unpaired) electrons. The maximum Gasteiger partial charge on any atom is 0.0928 e. The van der Waals surface area contributed by atoms with Crippen LogP contribution in [0.5, 0.6) is 0 Å². The number of piperidine rings is 1. The Labute approximate surface area is 119 Å². The van der Waals surface area contributed by atoms with Crippen LogP contribution in [0.1, 0.15) is 36.9 Å². The second-order valence-corrected chi connectivity index (χ2v) is 6.00. The number of rotatable bonds is 7. The molecule has 0 unspecified atom stereocenters. The minimum Gasteiger partial charge on any atom is -0.394 e. The summed E-state index contributed by atoms with van der Waals surface area (Å²) < 4.78 is 5.58. The van der Waals surface area contributed by atoms with E-state index in [1.807, 2.05) is 0 Å². The van der Waals surface area contributed by atoms with Crippen molar-refractivity contribution in [2.45, 2.75) is 45.3 Å². The SMILES string of the molecule is CCCc1nc(CN2CCC(OCCO)CC2)cs1. The first-order valence-corrected chi connectivity index (χ1v) is 8.08. The zero-order valence-electron chi connectivity index (χ0n) is 11.7. The number of hydrogen-bond donors (Lipinski definition) is 1. The average molecular weight is 284 g/mol. The average Bonchev–Trinajstić information content (AvgIpc) is 2.86. The molecule has 5 heteroatoms. The molecule has 0 saturated carbocycles. The molecule has 1 aliphatic rings. The summed E-state index contributed by atoms with van der Waals surface area (Å²) >= 11 is 1.78. The molecule has 0 amide bonds. The van der Waals surface area contributed by atoms with Crippen LogP contribution in [0, 0.1) is 0 Å². The van der Waals surface area contributed by atoms with E-state index in [2.05, 4.69) is 22.2 Å². The first-order valence-electron chi connectivity index (χ1n) is 7.20. The number of likely N-dealkylation sites (tertiary alicyclic amines) is 1. The van der Waals surface area contributed by atoms with E-state index in [1.54, 1.807) is 11.3 Å². The Morgan fingerprint density at radius 1 is 1.47 bits per heavy atom. The standard InChI is InChI=1S/C14H24N2O2S/c1-2-3-14-15-12(11-19-14)10-16-6-4-13(5-7-16)18-9-8-17/h11,13,17H,2-10H2,1H3. The number of nitrogens with zero attached hydrogens (tertiary/aromatic N) is 2. The summed E-state index contributed by atoms with van der Waals surface area (Å²) in [6.45, 7) is 5.88. The number of ether oxygens (including phenoxy) is 1. The van der Waals surface area contributed by atoms with E-state index in [1.165, 1.54) is 17.1 Å². The number of thiazole rings is 1. The number of aliphatic hydroxyl groups excluding tert-OH is 1. The molecule has 1 aromatic rings. The molecule has 1 N–H and O–H groups in total. The second kappa shape index (κ2) is 7.94. The summed E-state index contributed by atoms with van der Waals surface area (Å²) in [5, 5.41) is 12.2. The summed E-state index contributed by atoms with van der Waals surface area (Å²) in [5.41, 5.74) is 1.21. The number of aliphatic hydroxyl groups is 1. The monoisotopic (exact) mass is 284 g/mol. The Bertz CT molecular complexity index is 362. The zero-order chi connectivity index (χ0) is 13.5. The highest BCUT2D eigenvalue weighted by Gasteiger charge is 2.20. The largest absolute Gasteiger partial charge is 0.394 e. The van der Waals surface area contributed by atoms with Gasteiger partial charge in [-0.05, 0) is 25.7 Å². The van der Waals surface area contributed by atoms with E-state index in [0.29, 0.717) is 12.7 Å². The maximum absolute atomic E-state index is 8.75. The molecule has 2 rings (SSSR count). The Balaban J connectivity index is 1.72. The van der Waals surface area contributed by atoms with Crippen molar-refractivity contribution in [1.29, 1.82) is 0 Å². The van der Waals surface area contributed by atoms with Crippen molar-refractivity contribution in [2.75, 3.05) is 26.3 Å². The lowest BCUT2D eigenvalue weighted by Gasteiger charge is -2.31. The molecule has 0 bridgehead atoms. The van der Waals surface area contributed by atoms with Gasteiger partial charge in [0, 0.05) is 25.0 Å². The fraction of sp³-hybridized carbons (Fsp3) is 0.786. The van der Waals surface area contributed by atoms with Gasteiger partial charge >= 0.3 is 0 Å². The molecule has 108 valence electrons. The predicted molar refractivity (Wildman–Crippen MR) is 77.4 cm³/mol. The van der Waals surface area contributed by atoms with Gasteiger partial charge in [-0.2, -0.15) is 0 Å². The summed E-state index contributed by atoms with van der Waals surface area (Å²) in [4.78, 5) is 7.12. The lowest BCUT2D eigenvalue weighted by Crippen LogP contribution is -2.37. The molecular weight excluding hydrogens is 260 g/mol. The van der Waals surface area contributed by atoms with Gasteiger partial charge in [-0.15, -0.1) is 11.3 Å². The molecule has 0 aliphatic carbocycles. The lowest BCUT2D eigenvalue weighted by atomic mass is 10.1. The topological polar surface area (TPSA) is 45.6 Å². The van der Waals surface area contributed by atoms with E-state index >= 15 is 0 Å². The number of aromatic nitrogens is 1. The van der Waals surface area contributed by atoms with Crippen LogP contribution < -0.4 is 0 Å². The van der Waals surface area contributed by atoms with Crippen LogP contribution in [0.3, 0.4) is 0 Å². The third-order valence-electron chi connectivity index (χ3n) is 3.43. The summed E-state index contributed by atoms with van der Waals surface area (Å²) in [6, 6.07) is 0. The summed E-state index contributed by atoms with van der Waals surface area (Å²) in [5.74, 6) is 0. The first-order chi connectivity index (χ1) is 9.31. The van der Waals surface area contributed by atoms with Gasteiger partial charge in [0.15, 0.2) is 0 Å². The van der Waals surface area contributed by atoms with Crippen molar-refractivity contribution in [1.82, 2.24) is 9.88 Å². The van der Waals surface area contributed by atoms with E-state index in [0.717, 1.165) is 38.9 Å². The van der Waals surface area contributed by atoms with Crippen molar-refractivity contribution in [2.24, 2.45) is 0 Å². The van der Waals surface area contributed by atoms with Crippen molar-refractivity contribution >= 4 is 11.3 Å². The minimum atomic E-state index is 0.124. The van der Waals surface area contributed by atoms with Crippen molar-refractivity contribution in [3.8, 4) is 0 Å². The van der Waals surface area contributed by atoms with Gasteiger partial charge in [0.25, 0.3) is 0 Å². The molecule has 0 spiro atoms. The Morgan fingerprint density at radius 3 is 2.95 bits per heavy atom. The van der Waals surface area contributed by atoms with Gasteiger partial charge in [-0.1, -0.05) is 6.92 Å². The highest BCUT2D eigenvalue weighted by atomic mass is 32.1. The third kappa shape index (κ3) is 4.84. The molecule has 19 heavy (non-hydrogen) atoms. The highest BCUT2D eigenvalue weighted by Crippen LogP contribution is 2.18. The van der Waals surface area contributed by atoms with E-state index in [-0.39, 0.29) is 6.61 Å². The van der Waals surface area contributed by atoms with Gasteiger partial charge in [0.2, 0.25) is 0 Å². The fourth-order valence-electron chi connectivity index (χ4n) is 2.43. The predicted octanol–water partition coefficient (Wildman–Crippen LogP) is 2.07. The van der Waals surface area contributed by atoms with Gasteiger partial charge < -0.3 is 9.84 Å². The van der Waals surface area contributed by atoms with E-state index in [4.69, 9.17) is 9.84 Å². The fourth-order valence-corrected chi connectivity index (χ4v) is 3.32. The number of aryl methyl sites for hydroxylation is 1. The third-order valence-corrected chi connectivity index (χ3v) is 4.39. The molecule has 0 atom stereocenters. The van der Waals surface area contributed by atoms with Crippen LogP contribution in [-0.2, 0) is 17.7 Å². The van der Waals surface area contributed by atoms with Gasteiger partial charge in [-0.25, -0.2) is 4.98 Å². The molecule has 2 heterocycles. The van der Waals surface area contributed by atoms with Crippen LogP contribution in [0.4, 0.5) is 0 Å². The highest BCUT2D eigenvalue weighted by molar-refractivity contribution is 7.09. The Kier molecular flexibility index (Phi) is 6.23. The van der Waals surface area contributed by atoms with Crippen molar-refractivity contribution in [3.05, 3.63) is 16.1 Å². The van der Waals surface area contributed by atoms with Crippen molar-refractivity contribution in [3.63, 3.8) is 0 Å². The minimum absolute atomic E-state index is 0.124. The van der Waals surface area contributed by atoms with Gasteiger partial charge in [0.1, 0.15) is 0 Å². The van der Waals surface area contributed by atoms with Crippen LogP contribution in [-0.4, -0.2) is 47.4 Å².